The number of aromatic nitrogens is 5. The summed E-state index contributed by atoms with van der Waals surface area (Å²) in [4.78, 5) is 11.0. The number of ether oxygens (including phenoxy) is 1. The fraction of sp³-hybridized carbons (Fsp3) is 0.556. The zero-order valence-corrected chi connectivity index (χ0v) is 17.2. The van der Waals surface area contributed by atoms with E-state index in [9.17, 15) is 17.6 Å². The summed E-state index contributed by atoms with van der Waals surface area (Å²) in [5.41, 5.74) is 0.0195. The van der Waals surface area contributed by atoms with E-state index in [2.05, 4.69) is 34.4 Å². The number of nitrogens with zero attached hydrogens (tertiary/aromatic N) is 6. The van der Waals surface area contributed by atoms with Crippen LogP contribution in [0.2, 0.25) is 0 Å². The number of alkyl halides is 4. The molecule has 0 radical (unpaired) electrons. The summed E-state index contributed by atoms with van der Waals surface area (Å²) in [6, 6.07) is 2.80. The Labute approximate surface area is 178 Å². The minimum Gasteiger partial charge on any atom is -0.448 e. The molecule has 0 aromatic carbocycles. The predicted octanol–water partition coefficient (Wildman–Crippen LogP) is 3.45. The Balaban J connectivity index is 1.33. The average molecular weight is 457 g/mol. The molecule has 2 bridgehead atoms. The molecular formula is C18H19F4N7OS. The van der Waals surface area contributed by atoms with Crippen LogP contribution in [0.3, 0.4) is 0 Å². The molecule has 4 heterocycles. The molecule has 2 fully saturated rings. The van der Waals surface area contributed by atoms with Crippen LogP contribution in [-0.2, 0) is 0 Å². The lowest BCUT2D eigenvalue weighted by molar-refractivity contribution is -0.236. The van der Waals surface area contributed by atoms with Crippen molar-refractivity contribution in [1.82, 2.24) is 24.0 Å². The molecule has 2 aliphatic rings. The number of anilines is 2. The molecule has 13 heteroatoms. The van der Waals surface area contributed by atoms with Gasteiger partial charge in [-0.25, -0.2) is 9.50 Å². The van der Waals surface area contributed by atoms with Gasteiger partial charge >= 0.3 is 12.5 Å². The molecule has 1 saturated heterocycles. The lowest BCUT2D eigenvalue weighted by Crippen LogP contribution is -2.48. The molecule has 3 atom stereocenters. The van der Waals surface area contributed by atoms with Crippen LogP contribution in [0.5, 0.6) is 5.75 Å². The van der Waals surface area contributed by atoms with Crippen molar-refractivity contribution in [2.75, 3.05) is 23.3 Å². The van der Waals surface area contributed by atoms with E-state index in [1.165, 1.54) is 34.4 Å². The van der Waals surface area contributed by atoms with E-state index in [-0.39, 0.29) is 23.4 Å². The van der Waals surface area contributed by atoms with Crippen LogP contribution in [0.1, 0.15) is 18.7 Å². The molecule has 3 aromatic heterocycles. The van der Waals surface area contributed by atoms with Gasteiger partial charge in [-0.3, -0.25) is 0 Å². The van der Waals surface area contributed by atoms with Gasteiger partial charge in [0.05, 0.1) is 0 Å². The molecule has 1 aliphatic carbocycles. The largest absolute Gasteiger partial charge is 0.457 e. The number of fused-ring (bicyclic) bond motifs is 3. The summed E-state index contributed by atoms with van der Waals surface area (Å²) in [5, 5.41) is 8.56. The Morgan fingerprint density at radius 2 is 1.97 bits per heavy atom. The molecule has 5 rings (SSSR count). The molecule has 8 nitrogen and oxygen atoms in total. The van der Waals surface area contributed by atoms with Crippen LogP contribution in [-0.4, -0.2) is 55.6 Å². The van der Waals surface area contributed by atoms with E-state index in [1.807, 2.05) is 6.92 Å². The number of piperidine rings is 1. The number of hydrogen-bond donors (Lipinski definition) is 1. The summed E-state index contributed by atoms with van der Waals surface area (Å²) in [6.45, 7) is 3.54. The highest BCUT2D eigenvalue weighted by molar-refractivity contribution is 7.09. The van der Waals surface area contributed by atoms with Crippen molar-refractivity contribution in [1.29, 1.82) is 0 Å². The van der Waals surface area contributed by atoms with Crippen molar-refractivity contribution in [2.45, 2.75) is 38.3 Å². The zero-order chi connectivity index (χ0) is 21.8. The molecule has 1 N–H and O–H groups in total. The quantitative estimate of drug-likeness (QED) is 0.588. The monoisotopic (exact) mass is 457 g/mol. The highest BCUT2D eigenvalue weighted by atomic mass is 32.1. The molecule has 3 unspecified atom stereocenters. The second-order valence-electron chi connectivity index (χ2n) is 7.85. The topological polar surface area (TPSA) is 80.5 Å². The predicted molar refractivity (Wildman–Crippen MR) is 105 cm³/mol. The number of nitrogens with one attached hydrogen (secondary N) is 1. The van der Waals surface area contributed by atoms with Crippen LogP contribution >= 0.6 is 11.5 Å². The Morgan fingerprint density at radius 1 is 1.23 bits per heavy atom. The van der Waals surface area contributed by atoms with Gasteiger partial charge in [0.25, 0.3) is 0 Å². The zero-order valence-electron chi connectivity index (χ0n) is 16.4. The van der Waals surface area contributed by atoms with Crippen LogP contribution in [0, 0.1) is 18.8 Å². The van der Waals surface area contributed by atoms with Crippen molar-refractivity contribution >= 4 is 28.3 Å². The van der Waals surface area contributed by atoms with Crippen molar-refractivity contribution in [3.05, 3.63) is 24.2 Å². The average Bonchev–Trinajstić information content (AvgIpc) is 3.38. The third kappa shape index (κ3) is 3.86. The lowest BCUT2D eigenvalue weighted by Gasteiger charge is -2.37. The molecule has 166 valence electrons. The Kier molecular flexibility index (Phi) is 4.87. The Bertz CT molecular complexity index is 1070. The van der Waals surface area contributed by atoms with Gasteiger partial charge < -0.3 is 15.0 Å². The van der Waals surface area contributed by atoms with E-state index in [0.717, 1.165) is 36.9 Å². The lowest BCUT2D eigenvalue weighted by atomic mass is 9.92. The standard InChI is InChI=1S/C18H19F4N7OS/c1-9-23-17(31-27-9)28-7-10-4-5-11(8-28)13(10)24-16-25-14-12(3-2-6-29(14)26-16)30-15(19)18(20,21)22/h2-3,6,10-11,13,15H,4-5,7-8H2,1H3,(H,24,26). The fourth-order valence-electron chi connectivity index (χ4n) is 4.39. The third-order valence-corrected chi connectivity index (χ3v) is 6.60. The molecule has 1 aliphatic heterocycles. The van der Waals surface area contributed by atoms with Crippen LogP contribution in [0.25, 0.3) is 5.65 Å². The Hall–Kier alpha value is -2.70. The first kappa shape index (κ1) is 20.2. The number of rotatable bonds is 5. The maximum absolute atomic E-state index is 13.4. The van der Waals surface area contributed by atoms with Crippen LogP contribution in [0.15, 0.2) is 18.3 Å². The van der Waals surface area contributed by atoms with Crippen molar-refractivity contribution in [3.63, 3.8) is 0 Å². The number of hydrogen-bond acceptors (Lipinski definition) is 8. The van der Waals surface area contributed by atoms with Crippen LogP contribution in [0.4, 0.5) is 28.6 Å². The highest BCUT2D eigenvalue weighted by Gasteiger charge is 2.44. The molecule has 0 amide bonds. The molecule has 31 heavy (non-hydrogen) atoms. The van der Waals surface area contributed by atoms with Gasteiger partial charge in [-0.1, -0.05) is 0 Å². The van der Waals surface area contributed by atoms with Gasteiger partial charge in [0.1, 0.15) is 5.82 Å². The van der Waals surface area contributed by atoms with E-state index < -0.39 is 12.5 Å². The van der Waals surface area contributed by atoms with Gasteiger partial charge in [-0.15, -0.1) is 5.10 Å². The van der Waals surface area contributed by atoms with E-state index in [4.69, 9.17) is 0 Å². The number of halogens is 4. The summed E-state index contributed by atoms with van der Waals surface area (Å²) >= 11 is 1.40. The number of pyridine rings is 1. The van der Waals surface area contributed by atoms with Crippen LogP contribution < -0.4 is 15.0 Å². The SMILES string of the molecule is Cc1nsc(N2CC3CCC(C2)C3Nc2nc3c(OC(F)C(F)(F)F)cccn3n2)n1. The minimum atomic E-state index is -5.12. The van der Waals surface area contributed by atoms with Crippen molar-refractivity contribution in [2.24, 2.45) is 11.8 Å². The second kappa shape index (κ2) is 7.46. The summed E-state index contributed by atoms with van der Waals surface area (Å²) in [6.07, 6.45) is -4.93. The summed E-state index contributed by atoms with van der Waals surface area (Å²) in [7, 11) is 0. The first-order valence-electron chi connectivity index (χ1n) is 9.82. The highest BCUT2D eigenvalue weighted by Crippen LogP contribution is 2.40. The summed E-state index contributed by atoms with van der Waals surface area (Å²) in [5.74, 6) is 1.43. The molecule has 3 aromatic rings. The summed E-state index contributed by atoms with van der Waals surface area (Å²) < 4.78 is 60.9. The van der Waals surface area contributed by atoms with E-state index >= 15 is 0 Å². The maximum Gasteiger partial charge on any atom is 0.457 e. The van der Waals surface area contributed by atoms with Gasteiger partial charge in [-0.05, 0) is 43.7 Å². The first-order chi connectivity index (χ1) is 14.8. The molecular weight excluding hydrogens is 438 g/mol. The molecule has 0 spiro atoms. The Morgan fingerprint density at radius 3 is 2.61 bits per heavy atom. The molecule has 1 saturated carbocycles. The maximum atomic E-state index is 13.4. The smallest absolute Gasteiger partial charge is 0.448 e. The third-order valence-electron chi connectivity index (χ3n) is 5.73. The number of aryl methyl sites for hydroxylation is 1. The minimum absolute atomic E-state index is 0.0195. The van der Waals surface area contributed by atoms with Gasteiger partial charge in [-0.2, -0.15) is 26.9 Å². The van der Waals surface area contributed by atoms with Crippen molar-refractivity contribution < 1.29 is 22.3 Å². The van der Waals surface area contributed by atoms with Gasteiger partial charge in [0.2, 0.25) is 11.1 Å². The van der Waals surface area contributed by atoms with E-state index in [0.29, 0.717) is 11.8 Å². The second-order valence-corrected chi connectivity index (χ2v) is 8.58. The fourth-order valence-corrected chi connectivity index (χ4v) is 5.08. The van der Waals surface area contributed by atoms with Crippen molar-refractivity contribution in [3.8, 4) is 5.75 Å². The first-order valence-corrected chi connectivity index (χ1v) is 10.6. The van der Waals surface area contributed by atoms with Gasteiger partial charge in [0, 0.05) is 36.9 Å². The normalized spacial score (nSPS) is 24.5. The van der Waals surface area contributed by atoms with E-state index in [1.54, 1.807) is 0 Å². The van der Waals surface area contributed by atoms with Gasteiger partial charge in [0.15, 0.2) is 11.4 Å².